The van der Waals surface area contributed by atoms with Crippen molar-refractivity contribution in [2.24, 2.45) is 0 Å². The Hall–Kier alpha value is -3.14. The third kappa shape index (κ3) is 2.42. The molecule has 4 nitrogen and oxygen atoms in total. The van der Waals surface area contributed by atoms with Gasteiger partial charge >= 0.3 is 0 Å². The second-order valence-corrected chi connectivity index (χ2v) is 5.08. The third-order valence-corrected chi connectivity index (χ3v) is 3.66. The van der Waals surface area contributed by atoms with Crippen molar-refractivity contribution in [2.75, 3.05) is 11.5 Å². The van der Waals surface area contributed by atoms with Crippen molar-refractivity contribution in [1.29, 1.82) is 0 Å². The van der Waals surface area contributed by atoms with Crippen LogP contribution in [-0.2, 0) is 0 Å². The van der Waals surface area contributed by atoms with Crippen molar-refractivity contribution >= 4 is 11.4 Å². The zero-order valence-corrected chi connectivity index (χ0v) is 11.8. The number of aromatic hydroxyl groups is 2. The van der Waals surface area contributed by atoms with Gasteiger partial charge in [-0.3, -0.25) is 0 Å². The Morgan fingerprint density at radius 1 is 0.545 bits per heavy atom. The topological polar surface area (TPSA) is 92.5 Å². The van der Waals surface area contributed by atoms with E-state index in [0.717, 1.165) is 22.3 Å². The maximum absolute atomic E-state index is 9.56. The lowest BCUT2D eigenvalue weighted by Gasteiger charge is -2.10. The average Bonchev–Trinajstić information content (AvgIpc) is 2.54. The number of phenols is 2. The van der Waals surface area contributed by atoms with E-state index in [1.165, 1.54) is 6.07 Å². The molecule has 0 aromatic heterocycles. The highest BCUT2D eigenvalue weighted by Gasteiger charge is 2.09. The lowest BCUT2D eigenvalue weighted by Crippen LogP contribution is -1.97. The molecule has 0 aliphatic rings. The van der Waals surface area contributed by atoms with E-state index in [4.69, 9.17) is 11.5 Å². The van der Waals surface area contributed by atoms with Gasteiger partial charge in [0.25, 0.3) is 0 Å². The second-order valence-electron chi connectivity index (χ2n) is 5.08. The number of hydrogen-bond acceptors (Lipinski definition) is 4. The van der Waals surface area contributed by atoms with E-state index in [9.17, 15) is 10.2 Å². The Kier molecular flexibility index (Phi) is 3.35. The van der Waals surface area contributed by atoms with Crippen LogP contribution in [-0.4, -0.2) is 10.2 Å². The Labute approximate surface area is 128 Å². The largest absolute Gasteiger partial charge is 0.508 e. The number of anilines is 2. The number of nitrogen functional groups attached to an aromatic ring is 2. The summed E-state index contributed by atoms with van der Waals surface area (Å²) in [6.07, 6.45) is 0. The van der Waals surface area contributed by atoms with Crippen molar-refractivity contribution < 1.29 is 10.2 Å². The van der Waals surface area contributed by atoms with Crippen LogP contribution in [0.2, 0.25) is 0 Å². The molecule has 0 saturated carbocycles. The fourth-order valence-corrected chi connectivity index (χ4v) is 2.37. The summed E-state index contributed by atoms with van der Waals surface area (Å²) in [5.74, 6) is 0.231. The molecule has 0 bridgehead atoms. The number of hydrogen-bond donors (Lipinski definition) is 4. The van der Waals surface area contributed by atoms with Gasteiger partial charge in [0, 0.05) is 5.56 Å². The molecule has 0 fully saturated rings. The molecule has 0 saturated heterocycles. The Bertz CT molecular complexity index is 810. The molecule has 0 spiro atoms. The molecule has 3 aromatic carbocycles. The predicted octanol–water partition coefficient (Wildman–Crippen LogP) is 3.60. The molecular weight excluding hydrogens is 276 g/mol. The molecule has 0 aliphatic carbocycles. The van der Waals surface area contributed by atoms with Crippen molar-refractivity contribution in [3.8, 4) is 33.8 Å². The summed E-state index contributed by atoms with van der Waals surface area (Å²) in [6, 6.07) is 18.2. The van der Waals surface area contributed by atoms with Crippen LogP contribution in [0.4, 0.5) is 11.4 Å². The van der Waals surface area contributed by atoms with Crippen LogP contribution in [0.25, 0.3) is 22.3 Å². The summed E-state index contributed by atoms with van der Waals surface area (Å²) in [4.78, 5) is 0. The number of benzene rings is 3. The van der Waals surface area contributed by atoms with Crippen LogP contribution in [0.15, 0.2) is 60.7 Å². The smallest absolute Gasteiger partial charge is 0.140 e. The molecule has 3 aromatic rings. The van der Waals surface area contributed by atoms with E-state index in [0.29, 0.717) is 5.69 Å². The van der Waals surface area contributed by atoms with Gasteiger partial charge in [-0.1, -0.05) is 36.4 Å². The molecular formula is C18H16N2O2. The van der Waals surface area contributed by atoms with Crippen molar-refractivity contribution in [1.82, 2.24) is 0 Å². The summed E-state index contributed by atoms with van der Waals surface area (Å²) in [7, 11) is 0. The van der Waals surface area contributed by atoms with Gasteiger partial charge in [0.1, 0.15) is 11.5 Å². The standard InChI is InChI=1S/C18H16N2O2/c19-17-15(9-10-16(22)18(17)20)13-3-1-11(2-4-13)12-5-7-14(21)8-6-12/h1-10,21-22H,19-20H2. The van der Waals surface area contributed by atoms with Gasteiger partial charge in [0.15, 0.2) is 0 Å². The van der Waals surface area contributed by atoms with E-state index < -0.39 is 0 Å². The van der Waals surface area contributed by atoms with E-state index in [2.05, 4.69) is 0 Å². The first-order valence-electron chi connectivity index (χ1n) is 6.83. The van der Waals surface area contributed by atoms with Crippen LogP contribution in [0.3, 0.4) is 0 Å². The minimum atomic E-state index is -0.0121. The first-order valence-corrected chi connectivity index (χ1v) is 6.83. The van der Waals surface area contributed by atoms with Crippen molar-refractivity contribution in [2.45, 2.75) is 0 Å². The van der Waals surface area contributed by atoms with Gasteiger partial charge in [0.05, 0.1) is 11.4 Å². The van der Waals surface area contributed by atoms with Gasteiger partial charge in [-0.05, 0) is 41.0 Å². The quantitative estimate of drug-likeness (QED) is 0.429. The highest BCUT2D eigenvalue weighted by atomic mass is 16.3. The van der Waals surface area contributed by atoms with Gasteiger partial charge in [0.2, 0.25) is 0 Å². The van der Waals surface area contributed by atoms with Crippen molar-refractivity contribution in [3.05, 3.63) is 60.7 Å². The molecule has 0 heterocycles. The van der Waals surface area contributed by atoms with Gasteiger partial charge < -0.3 is 21.7 Å². The first kappa shape index (κ1) is 13.8. The lowest BCUT2D eigenvalue weighted by atomic mass is 9.98. The van der Waals surface area contributed by atoms with Gasteiger partial charge in [-0.15, -0.1) is 0 Å². The van der Waals surface area contributed by atoms with Gasteiger partial charge in [-0.25, -0.2) is 0 Å². The van der Waals surface area contributed by atoms with E-state index in [1.54, 1.807) is 18.2 Å². The van der Waals surface area contributed by atoms with Crippen molar-refractivity contribution in [3.63, 3.8) is 0 Å². The number of rotatable bonds is 2. The summed E-state index contributed by atoms with van der Waals surface area (Å²) in [6.45, 7) is 0. The molecule has 0 atom stereocenters. The first-order chi connectivity index (χ1) is 10.6. The van der Waals surface area contributed by atoms with E-state index in [1.807, 2.05) is 36.4 Å². The lowest BCUT2D eigenvalue weighted by molar-refractivity contribution is 0.475. The fourth-order valence-electron chi connectivity index (χ4n) is 2.37. The van der Waals surface area contributed by atoms with Crippen LogP contribution in [0.5, 0.6) is 11.5 Å². The molecule has 0 amide bonds. The molecule has 0 aliphatic heterocycles. The Morgan fingerprint density at radius 2 is 1.05 bits per heavy atom. The summed E-state index contributed by atoms with van der Waals surface area (Å²) in [5.41, 5.74) is 16.1. The SMILES string of the molecule is Nc1c(O)ccc(-c2ccc(-c3ccc(O)cc3)cc2)c1N. The molecule has 22 heavy (non-hydrogen) atoms. The summed E-state index contributed by atoms with van der Waals surface area (Å²) < 4.78 is 0. The summed E-state index contributed by atoms with van der Waals surface area (Å²) >= 11 is 0. The van der Waals surface area contributed by atoms with Crippen LogP contribution < -0.4 is 11.5 Å². The predicted molar refractivity (Wildman–Crippen MR) is 89.5 cm³/mol. The van der Waals surface area contributed by atoms with Gasteiger partial charge in [-0.2, -0.15) is 0 Å². The second kappa shape index (κ2) is 5.33. The fraction of sp³-hybridized carbons (Fsp3) is 0. The monoisotopic (exact) mass is 292 g/mol. The highest BCUT2D eigenvalue weighted by Crippen LogP contribution is 2.36. The van der Waals surface area contributed by atoms with E-state index in [-0.39, 0.29) is 17.2 Å². The Morgan fingerprint density at radius 3 is 1.64 bits per heavy atom. The normalized spacial score (nSPS) is 10.5. The molecule has 0 radical (unpaired) electrons. The van der Waals surface area contributed by atoms with Crippen LogP contribution >= 0.6 is 0 Å². The maximum Gasteiger partial charge on any atom is 0.140 e. The Balaban J connectivity index is 1.98. The molecule has 0 unspecified atom stereocenters. The molecule has 6 N–H and O–H groups in total. The molecule has 4 heteroatoms. The third-order valence-electron chi connectivity index (χ3n) is 3.66. The van der Waals surface area contributed by atoms with E-state index >= 15 is 0 Å². The number of phenolic OH excluding ortho intramolecular Hbond substituents is 2. The highest BCUT2D eigenvalue weighted by molar-refractivity contribution is 5.87. The minimum Gasteiger partial charge on any atom is -0.508 e. The minimum absolute atomic E-state index is 0.0121. The zero-order chi connectivity index (χ0) is 15.7. The summed E-state index contributed by atoms with van der Waals surface area (Å²) in [5, 5.41) is 18.9. The zero-order valence-electron chi connectivity index (χ0n) is 11.8. The maximum atomic E-state index is 9.56. The molecule has 3 rings (SSSR count). The van der Waals surface area contributed by atoms with Crippen LogP contribution in [0.1, 0.15) is 0 Å². The number of nitrogens with two attached hydrogens (primary N) is 2. The van der Waals surface area contributed by atoms with Crippen LogP contribution in [0, 0.1) is 0 Å². The molecule has 110 valence electrons. The average molecular weight is 292 g/mol.